The molecule has 16 heavy (non-hydrogen) atoms. The topological polar surface area (TPSA) is 64.3 Å². The predicted molar refractivity (Wildman–Crippen MR) is 66.7 cm³/mol. The van der Waals surface area contributed by atoms with Crippen molar-refractivity contribution < 1.29 is 9.53 Å². The molecule has 0 aromatic heterocycles. The highest BCUT2D eigenvalue weighted by Crippen LogP contribution is 2.26. The molecule has 0 heterocycles. The molecule has 0 aliphatic rings. The molecule has 0 aliphatic heterocycles. The summed E-state index contributed by atoms with van der Waals surface area (Å²) in [4.78, 5) is 11.3. The number of amides is 1. The van der Waals surface area contributed by atoms with Gasteiger partial charge in [-0.1, -0.05) is 6.07 Å². The average molecular weight is 287 g/mol. The van der Waals surface area contributed by atoms with Gasteiger partial charge in [0.05, 0.1) is 5.56 Å². The standard InChI is InChI=1S/C11H15BrN2O2/c1-7(6-14-2)16-9-5-3-4-8(12)10(9)11(13)15/h3-5,7,14H,6H2,1-2H3,(H2,13,15). The summed E-state index contributed by atoms with van der Waals surface area (Å²) in [5.41, 5.74) is 5.68. The second-order valence-electron chi connectivity index (χ2n) is 3.46. The van der Waals surface area contributed by atoms with Crippen molar-refractivity contribution in [2.45, 2.75) is 13.0 Å². The van der Waals surface area contributed by atoms with Crippen LogP contribution in [0.1, 0.15) is 17.3 Å². The Bertz CT molecular complexity index is 382. The lowest BCUT2D eigenvalue weighted by Gasteiger charge is -2.16. The number of nitrogens with one attached hydrogen (secondary N) is 1. The number of benzene rings is 1. The molecule has 0 saturated carbocycles. The van der Waals surface area contributed by atoms with Crippen molar-refractivity contribution in [1.29, 1.82) is 0 Å². The van der Waals surface area contributed by atoms with Crippen molar-refractivity contribution in [1.82, 2.24) is 5.32 Å². The SMILES string of the molecule is CNCC(C)Oc1cccc(Br)c1C(N)=O. The van der Waals surface area contributed by atoms with Gasteiger partial charge in [0.15, 0.2) is 0 Å². The Morgan fingerprint density at radius 1 is 1.62 bits per heavy atom. The molecule has 1 atom stereocenters. The van der Waals surface area contributed by atoms with Crippen LogP contribution in [0, 0.1) is 0 Å². The second kappa shape index (κ2) is 5.86. The zero-order valence-corrected chi connectivity index (χ0v) is 10.9. The number of likely N-dealkylation sites (N-methyl/N-ethyl adjacent to an activating group) is 1. The van der Waals surface area contributed by atoms with Crippen molar-refractivity contribution in [2.75, 3.05) is 13.6 Å². The van der Waals surface area contributed by atoms with E-state index < -0.39 is 5.91 Å². The molecule has 0 bridgehead atoms. The number of primary amides is 1. The molecule has 88 valence electrons. The molecule has 1 aromatic carbocycles. The molecular weight excluding hydrogens is 272 g/mol. The lowest BCUT2D eigenvalue weighted by Crippen LogP contribution is -2.27. The van der Waals surface area contributed by atoms with Gasteiger partial charge in [-0.15, -0.1) is 0 Å². The first-order valence-corrected chi connectivity index (χ1v) is 5.75. The number of ether oxygens (including phenoxy) is 1. The van der Waals surface area contributed by atoms with E-state index in [2.05, 4.69) is 21.2 Å². The van der Waals surface area contributed by atoms with E-state index in [0.717, 1.165) is 0 Å². The zero-order chi connectivity index (χ0) is 12.1. The lowest BCUT2D eigenvalue weighted by atomic mass is 10.2. The molecule has 0 aliphatic carbocycles. The van der Waals surface area contributed by atoms with E-state index >= 15 is 0 Å². The minimum atomic E-state index is -0.501. The summed E-state index contributed by atoms with van der Waals surface area (Å²) in [6.07, 6.45) is -0.0302. The van der Waals surface area contributed by atoms with Crippen LogP contribution in [0.25, 0.3) is 0 Å². The summed E-state index contributed by atoms with van der Waals surface area (Å²) >= 11 is 3.28. The Labute approximate surface area is 103 Å². The van der Waals surface area contributed by atoms with Crippen molar-refractivity contribution in [3.8, 4) is 5.75 Å². The maximum Gasteiger partial charge on any atom is 0.253 e. The Morgan fingerprint density at radius 2 is 2.31 bits per heavy atom. The van der Waals surface area contributed by atoms with Crippen LogP contribution < -0.4 is 15.8 Å². The van der Waals surface area contributed by atoms with Crippen molar-refractivity contribution in [2.24, 2.45) is 5.73 Å². The Balaban J connectivity index is 2.95. The van der Waals surface area contributed by atoms with Gasteiger partial charge in [-0.2, -0.15) is 0 Å². The molecular formula is C11H15BrN2O2. The quantitative estimate of drug-likeness (QED) is 0.863. The largest absolute Gasteiger partial charge is 0.489 e. The highest BCUT2D eigenvalue weighted by Gasteiger charge is 2.15. The molecule has 1 amide bonds. The van der Waals surface area contributed by atoms with E-state index in [-0.39, 0.29) is 6.10 Å². The number of hydrogen-bond acceptors (Lipinski definition) is 3. The van der Waals surface area contributed by atoms with Gasteiger partial charge in [-0.05, 0) is 42.0 Å². The third kappa shape index (κ3) is 3.21. The first-order chi connectivity index (χ1) is 7.56. The van der Waals surface area contributed by atoms with Crippen LogP contribution in [0.4, 0.5) is 0 Å². The third-order valence-corrected chi connectivity index (χ3v) is 2.70. The van der Waals surface area contributed by atoms with Gasteiger partial charge in [0, 0.05) is 11.0 Å². The van der Waals surface area contributed by atoms with Gasteiger partial charge in [0.2, 0.25) is 0 Å². The monoisotopic (exact) mass is 286 g/mol. The summed E-state index contributed by atoms with van der Waals surface area (Å²) in [6, 6.07) is 5.30. The van der Waals surface area contributed by atoms with Gasteiger partial charge < -0.3 is 15.8 Å². The molecule has 0 saturated heterocycles. The Morgan fingerprint density at radius 3 is 2.88 bits per heavy atom. The van der Waals surface area contributed by atoms with Crippen LogP contribution in [0.5, 0.6) is 5.75 Å². The number of halogens is 1. The Kier molecular flexibility index (Phi) is 4.76. The maximum atomic E-state index is 11.3. The van der Waals surface area contributed by atoms with Gasteiger partial charge in [0.25, 0.3) is 5.91 Å². The van der Waals surface area contributed by atoms with Crippen LogP contribution in [0.3, 0.4) is 0 Å². The van der Waals surface area contributed by atoms with Gasteiger partial charge in [0.1, 0.15) is 11.9 Å². The smallest absolute Gasteiger partial charge is 0.253 e. The zero-order valence-electron chi connectivity index (χ0n) is 9.29. The maximum absolute atomic E-state index is 11.3. The van der Waals surface area contributed by atoms with E-state index in [9.17, 15) is 4.79 Å². The summed E-state index contributed by atoms with van der Waals surface area (Å²) in [5, 5.41) is 3.00. The molecule has 1 rings (SSSR count). The number of hydrogen-bond donors (Lipinski definition) is 2. The predicted octanol–water partition coefficient (Wildman–Crippen LogP) is 1.53. The highest BCUT2D eigenvalue weighted by atomic mass is 79.9. The first kappa shape index (κ1) is 13.0. The number of nitrogens with two attached hydrogens (primary N) is 1. The van der Waals surface area contributed by atoms with E-state index in [0.29, 0.717) is 22.3 Å². The first-order valence-electron chi connectivity index (χ1n) is 4.95. The molecule has 5 heteroatoms. The van der Waals surface area contributed by atoms with Crippen LogP contribution >= 0.6 is 15.9 Å². The molecule has 0 spiro atoms. The summed E-state index contributed by atoms with van der Waals surface area (Å²) in [5.74, 6) is 0.00348. The third-order valence-electron chi connectivity index (χ3n) is 2.04. The normalized spacial score (nSPS) is 12.2. The van der Waals surface area contributed by atoms with Crippen molar-refractivity contribution in [3.05, 3.63) is 28.2 Å². The van der Waals surface area contributed by atoms with Crippen LogP contribution in [0.2, 0.25) is 0 Å². The molecule has 0 radical (unpaired) electrons. The fourth-order valence-corrected chi connectivity index (χ4v) is 1.93. The molecule has 1 unspecified atom stereocenters. The summed E-state index contributed by atoms with van der Waals surface area (Å²) < 4.78 is 6.28. The average Bonchev–Trinajstić information content (AvgIpc) is 2.17. The number of rotatable bonds is 5. The van der Waals surface area contributed by atoms with Crippen LogP contribution in [0.15, 0.2) is 22.7 Å². The summed E-state index contributed by atoms with van der Waals surface area (Å²) in [7, 11) is 1.84. The van der Waals surface area contributed by atoms with Crippen molar-refractivity contribution >= 4 is 21.8 Å². The van der Waals surface area contributed by atoms with E-state index in [1.807, 2.05) is 14.0 Å². The molecule has 1 aromatic rings. The Hall–Kier alpha value is -1.07. The fraction of sp³-hybridized carbons (Fsp3) is 0.364. The fourth-order valence-electron chi connectivity index (χ4n) is 1.39. The van der Waals surface area contributed by atoms with Gasteiger partial charge in [-0.25, -0.2) is 0 Å². The summed E-state index contributed by atoms with van der Waals surface area (Å²) in [6.45, 7) is 2.62. The van der Waals surface area contributed by atoms with E-state index in [4.69, 9.17) is 10.5 Å². The van der Waals surface area contributed by atoms with Gasteiger partial charge in [-0.3, -0.25) is 4.79 Å². The molecule has 3 N–H and O–H groups in total. The second-order valence-corrected chi connectivity index (χ2v) is 4.32. The van der Waals surface area contributed by atoms with E-state index in [1.165, 1.54) is 0 Å². The minimum absolute atomic E-state index is 0.0302. The lowest BCUT2D eigenvalue weighted by molar-refractivity contribution is 0.0993. The van der Waals surface area contributed by atoms with Crippen LogP contribution in [-0.2, 0) is 0 Å². The number of carbonyl (C=O) groups is 1. The number of carbonyl (C=O) groups excluding carboxylic acids is 1. The van der Waals surface area contributed by atoms with Crippen molar-refractivity contribution in [3.63, 3.8) is 0 Å². The van der Waals surface area contributed by atoms with E-state index in [1.54, 1.807) is 18.2 Å². The molecule has 0 fully saturated rings. The van der Waals surface area contributed by atoms with Crippen LogP contribution in [-0.4, -0.2) is 25.6 Å². The van der Waals surface area contributed by atoms with Gasteiger partial charge >= 0.3 is 0 Å². The highest BCUT2D eigenvalue weighted by molar-refractivity contribution is 9.10. The minimum Gasteiger partial charge on any atom is -0.489 e. The molecule has 4 nitrogen and oxygen atoms in total.